The largest absolute Gasteiger partial charge is 0.493 e. The first-order valence-corrected chi connectivity index (χ1v) is 9.15. The summed E-state index contributed by atoms with van der Waals surface area (Å²) < 4.78 is 11.1. The summed E-state index contributed by atoms with van der Waals surface area (Å²) in [6.07, 6.45) is 0. The summed E-state index contributed by atoms with van der Waals surface area (Å²) in [5.41, 5.74) is 4.54. The number of benzene rings is 2. The van der Waals surface area contributed by atoms with Crippen molar-refractivity contribution >= 4 is 34.5 Å². The van der Waals surface area contributed by atoms with Crippen LogP contribution in [0.1, 0.15) is 21.6 Å². The normalized spacial score (nSPS) is 10.4. The highest BCUT2D eigenvalue weighted by Crippen LogP contribution is 2.30. The van der Waals surface area contributed by atoms with Crippen LogP contribution in [0.3, 0.4) is 0 Å². The van der Waals surface area contributed by atoms with Gasteiger partial charge in [-0.25, -0.2) is 4.98 Å². The minimum Gasteiger partial charge on any atom is -0.493 e. The first-order valence-electron chi connectivity index (χ1n) is 7.83. The van der Waals surface area contributed by atoms with Gasteiger partial charge >= 0.3 is 0 Å². The minimum absolute atomic E-state index is 0.250. The molecule has 0 atom stereocenters. The van der Waals surface area contributed by atoms with Crippen LogP contribution in [0.2, 0.25) is 5.02 Å². The van der Waals surface area contributed by atoms with Crippen LogP contribution in [-0.2, 0) is 6.61 Å². The van der Waals surface area contributed by atoms with Crippen molar-refractivity contribution < 1.29 is 14.3 Å². The maximum Gasteiger partial charge on any atom is 0.255 e. The van der Waals surface area contributed by atoms with Crippen LogP contribution in [0, 0.1) is 6.92 Å². The molecule has 3 aromatic rings. The molecule has 26 heavy (non-hydrogen) atoms. The average molecular weight is 389 g/mol. The van der Waals surface area contributed by atoms with Crippen LogP contribution in [0.25, 0.3) is 0 Å². The van der Waals surface area contributed by atoms with Crippen molar-refractivity contribution in [3.8, 4) is 11.5 Å². The highest BCUT2D eigenvalue weighted by atomic mass is 35.5. The quantitative estimate of drug-likeness (QED) is 0.649. The number of hydrogen-bond donors (Lipinski definition) is 1. The van der Waals surface area contributed by atoms with E-state index in [-0.39, 0.29) is 5.91 Å². The van der Waals surface area contributed by atoms with Crippen molar-refractivity contribution in [2.24, 2.45) is 0 Å². The fourth-order valence-electron chi connectivity index (χ4n) is 2.33. The number of anilines is 1. The maximum absolute atomic E-state index is 12.5. The molecule has 1 N–H and O–H groups in total. The Balaban J connectivity index is 1.75. The number of halogens is 1. The van der Waals surface area contributed by atoms with Gasteiger partial charge in [0.25, 0.3) is 5.91 Å². The second-order valence-corrected chi connectivity index (χ2v) is 6.63. The summed E-state index contributed by atoms with van der Waals surface area (Å²) in [5.74, 6) is 0.784. The highest BCUT2D eigenvalue weighted by Gasteiger charge is 2.13. The third-order valence-corrected chi connectivity index (χ3v) is 4.85. The number of rotatable bonds is 6. The van der Waals surface area contributed by atoms with E-state index in [1.165, 1.54) is 18.4 Å². The third kappa shape index (κ3) is 4.15. The van der Waals surface area contributed by atoms with E-state index in [0.29, 0.717) is 34.4 Å². The molecule has 0 radical (unpaired) electrons. The molecule has 0 aliphatic carbocycles. The molecule has 1 aromatic heterocycles. The Bertz CT molecular complexity index is 913. The van der Waals surface area contributed by atoms with Crippen molar-refractivity contribution in [2.75, 3.05) is 12.4 Å². The lowest BCUT2D eigenvalue weighted by atomic mass is 10.1. The van der Waals surface area contributed by atoms with E-state index in [0.717, 1.165) is 11.3 Å². The number of carbonyl (C=O) groups excluding carboxylic acids is 1. The Kier molecular flexibility index (Phi) is 5.75. The monoisotopic (exact) mass is 388 g/mol. The number of amides is 1. The smallest absolute Gasteiger partial charge is 0.255 e. The number of thiazole rings is 1. The van der Waals surface area contributed by atoms with Gasteiger partial charge in [0.2, 0.25) is 0 Å². The van der Waals surface area contributed by atoms with E-state index in [1.54, 1.807) is 35.8 Å². The van der Waals surface area contributed by atoms with Crippen LogP contribution >= 0.6 is 22.9 Å². The average Bonchev–Trinajstić information content (AvgIpc) is 3.17. The molecule has 0 aliphatic rings. The Morgan fingerprint density at radius 3 is 2.85 bits per heavy atom. The Labute approximate surface area is 160 Å². The number of nitrogens with one attached hydrogen (secondary N) is 1. The first-order chi connectivity index (χ1) is 12.6. The van der Waals surface area contributed by atoms with Crippen molar-refractivity contribution in [3.63, 3.8) is 0 Å². The lowest BCUT2D eigenvalue weighted by Crippen LogP contribution is -2.13. The Hall–Kier alpha value is -2.57. The van der Waals surface area contributed by atoms with Gasteiger partial charge in [0.15, 0.2) is 11.5 Å². The van der Waals surface area contributed by atoms with Crippen LogP contribution in [0.5, 0.6) is 11.5 Å². The SMILES string of the molecule is COc1cc(C(=O)Nc2cccc(Cl)c2C)ccc1OCc1cscn1. The van der Waals surface area contributed by atoms with Crippen LogP contribution in [0.4, 0.5) is 5.69 Å². The van der Waals surface area contributed by atoms with Crippen molar-refractivity contribution in [1.29, 1.82) is 0 Å². The third-order valence-electron chi connectivity index (χ3n) is 3.80. The van der Waals surface area contributed by atoms with Gasteiger partial charge in [0, 0.05) is 21.7 Å². The number of aromatic nitrogens is 1. The van der Waals surface area contributed by atoms with Gasteiger partial charge in [-0.1, -0.05) is 17.7 Å². The van der Waals surface area contributed by atoms with Gasteiger partial charge in [-0.3, -0.25) is 4.79 Å². The number of ether oxygens (including phenoxy) is 2. The molecule has 3 rings (SSSR count). The molecule has 0 aliphatic heterocycles. The van der Waals surface area contributed by atoms with Crippen LogP contribution in [0.15, 0.2) is 47.3 Å². The zero-order valence-electron chi connectivity index (χ0n) is 14.3. The summed E-state index contributed by atoms with van der Waals surface area (Å²) >= 11 is 7.61. The van der Waals surface area contributed by atoms with Gasteiger partial charge in [0.05, 0.1) is 18.3 Å². The van der Waals surface area contributed by atoms with E-state index < -0.39 is 0 Å². The summed E-state index contributed by atoms with van der Waals surface area (Å²) in [5, 5.41) is 5.39. The van der Waals surface area contributed by atoms with Gasteiger partial charge < -0.3 is 14.8 Å². The predicted molar refractivity (Wildman–Crippen MR) is 104 cm³/mol. The van der Waals surface area contributed by atoms with Gasteiger partial charge in [-0.2, -0.15) is 0 Å². The fourth-order valence-corrected chi connectivity index (χ4v) is 3.04. The molecule has 1 amide bonds. The standard InChI is InChI=1S/C19H17ClN2O3S/c1-12-15(20)4-3-5-16(12)22-19(23)13-6-7-17(18(8-13)24-2)25-9-14-10-26-11-21-14/h3-8,10-11H,9H2,1-2H3,(H,22,23). The molecular formula is C19H17ClN2O3S. The molecule has 0 saturated carbocycles. The second-order valence-electron chi connectivity index (χ2n) is 5.50. The number of hydrogen-bond acceptors (Lipinski definition) is 5. The number of carbonyl (C=O) groups is 1. The van der Waals surface area contributed by atoms with Crippen LogP contribution < -0.4 is 14.8 Å². The minimum atomic E-state index is -0.250. The second kappa shape index (κ2) is 8.21. The van der Waals surface area contributed by atoms with E-state index in [2.05, 4.69) is 10.3 Å². The molecule has 1 heterocycles. The molecule has 5 nitrogen and oxygen atoms in total. The zero-order chi connectivity index (χ0) is 18.5. The Morgan fingerprint density at radius 2 is 2.12 bits per heavy atom. The summed E-state index contributed by atoms with van der Waals surface area (Å²) in [4.78, 5) is 16.7. The van der Waals surface area contributed by atoms with Crippen LogP contribution in [-0.4, -0.2) is 18.0 Å². The van der Waals surface area contributed by atoms with Gasteiger partial charge in [-0.05, 0) is 42.8 Å². The lowest BCUT2D eigenvalue weighted by Gasteiger charge is -2.13. The number of methoxy groups -OCH3 is 1. The predicted octanol–water partition coefficient (Wildman–Crippen LogP) is 4.94. The Morgan fingerprint density at radius 1 is 1.27 bits per heavy atom. The molecule has 0 saturated heterocycles. The summed E-state index contributed by atoms with van der Waals surface area (Å²) in [6, 6.07) is 10.4. The molecule has 7 heteroatoms. The summed E-state index contributed by atoms with van der Waals surface area (Å²) in [7, 11) is 1.54. The first kappa shape index (κ1) is 18.2. The molecule has 0 fully saturated rings. The number of nitrogens with zero attached hydrogens (tertiary/aromatic N) is 1. The van der Waals surface area contributed by atoms with E-state index >= 15 is 0 Å². The molecule has 0 bridgehead atoms. The van der Waals surface area contributed by atoms with Crippen molar-refractivity contribution in [1.82, 2.24) is 4.98 Å². The van der Waals surface area contributed by atoms with Crippen molar-refractivity contribution in [2.45, 2.75) is 13.5 Å². The zero-order valence-corrected chi connectivity index (χ0v) is 15.9. The molecule has 0 unspecified atom stereocenters. The summed E-state index contributed by atoms with van der Waals surface area (Å²) in [6.45, 7) is 2.20. The molecule has 2 aromatic carbocycles. The van der Waals surface area contributed by atoms with Gasteiger partial charge in [-0.15, -0.1) is 11.3 Å². The highest BCUT2D eigenvalue weighted by molar-refractivity contribution is 7.07. The maximum atomic E-state index is 12.5. The van der Waals surface area contributed by atoms with E-state index in [1.807, 2.05) is 18.4 Å². The topological polar surface area (TPSA) is 60.5 Å². The lowest BCUT2D eigenvalue weighted by molar-refractivity contribution is 0.102. The molecule has 0 spiro atoms. The van der Waals surface area contributed by atoms with E-state index in [9.17, 15) is 4.79 Å². The van der Waals surface area contributed by atoms with E-state index in [4.69, 9.17) is 21.1 Å². The molecule has 134 valence electrons. The fraction of sp³-hybridized carbons (Fsp3) is 0.158. The van der Waals surface area contributed by atoms with Gasteiger partial charge in [0.1, 0.15) is 6.61 Å². The molecular weight excluding hydrogens is 372 g/mol. The van der Waals surface area contributed by atoms with Crippen molar-refractivity contribution in [3.05, 3.63) is 69.1 Å².